The van der Waals surface area contributed by atoms with Gasteiger partial charge in [0.2, 0.25) is 11.8 Å². The van der Waals surface area contributed by atoms with E-state index >= 15 is 0 Å². The van der Waals surface area contributed by atoms with E-state index in [1.54, 1.807) is 29.6 Å². The average molecular weight is 510 g/mol. The van der Waals surface area contributed by atoms with Crippen LogP contribution in [0.25, 0.3) is 0 Å². The molecule has 4 aromatic rings. The number of anilines is 1. The zero-order valence-electron chi connectivity index (χ0n) is 18.8. The molecule has 0 saturated heterocycles. The molecule has 2 aromatic heterocycles. The number of thiophene rings is 1. The minimum Gasteiger partial charge on any atom is -0.467 e. The summed E-state index contributed by atoms with van der Waals surface area (Å²) in [7, 11) is 0. The zero-order valence-corrected chi connectivity index (χ0v) is 19.6. The maximum absolute atomic E-state index is 15.0. The van der Waals surface area contributed by atoms with Gasteiger partial charge in [-0.2, -0.15) is 0 Å². The van der Waals surface area contributed by atoms with Crippen molar-refractivity contribution in [1.82, 2.24) is 10.6 Å². The molecule has 0 aliphatic rings. The molecule has 0 spiro atoms. The molecular weight excluding hydrogens is 488 g/mol. The van der Waals surface area contributed by atoms with Gasteiger partial charge in [0.25, 0.3) is 5.91 Å². The highest BCUT2D eigenvalue weighted by atomic mass is 32.1. The molecule has 0 aliphatic carbocycles. The number of hydrogen-bond donors (Lipinski definition) is 2. The van der Waals surface area contributed by atoms with Crippen LogP contribution in [-0.4, -0.2) is 24.3 Å². The van der Waals surface area contributed by atoms with Crippen LogP contribution in [0.4, 0.5) is 14.5 Å². The first-order valence-corrected chi connectivity index (χ1v) is 11.8. The van der Waals surface area contributed by atoms with Crippen LogP contribution in [0, 0.1) is 11.6 Å². The molecule has 2 N–H and O–H groups in total. The smallest absolute Gasteiger partial charge is 0.261 e. The molecule has 2 aromatic carbocycles. The maximum Gasteiger partial charge on any atom is 0.261 e. The van der Waals surface area contributed by atoms with Crippen LogP contribution in [-0.2, 0) is 16.1 Å². The topological polar surface area (TPSA) is 91.7 Å². The van der Waals surface area contributed by atoms with Crippen LogP contribution in [0.3, 0.4) is 0 Å². The van der Waals surface area contributed by atoms with E-state index in [0.717, 1.165) is 17.0 Å². The Hall–Kier alpha value is -4.31. The van der Waals surface area contributed by atoms with E-state index in [1.165, 1.54) is 54.0 Å². The first kappa shape index (κ1) is 24.8. The number of nitrogens with zero attached hydrogens (tertiary/aromatic N) is 1. The van der Waals surface area contributed by atoms with Gasteiger partial charge in [-0.05, 0) is 41.8 Å². The molecule has 1 atom stereocenters. The van der Waals surface area contributed by atoms with E-state index in [4.69, 9.17) is 4.42 Å². The molecule has 7 nitrogen and oxygen atoms in total. The number of furan rings is 1. The predicted molar refractivity (Wildman–Crippen MR) is 130 cm³/mol. The summed E-state index contributed by atoms with van der Waals surface area (Å²) in [6.07, 6.45) is 1.43. The van der Waals surface area contributed by atoms with E-state index < -0.39 is 41.9 Å². The molecule has 184 valence electrons. The number of benzene rings is 2. The maximum atomic E-state index is 15.0. The van der Waals surface area contributed by atoms with Gasteiger partial charge >= 0.3 is 0 Å². The fourth-order valence-electron chi connectivity index (χ4n) is 3.58. The lowest BCUT2D eigenvalue weighted by molar-refractivity contribution is -0.126. The molecule has 10 heteroatoms. The Labute approximate surface area is 209 Å². The fourth-order valence-corrected chi connectivity index (χ4v) is 4.22. The summed E-state index contributed by atoms with van der Waals surface area (Å²) in [5.74, 6) is -3.20. The Kier molecular flexibility index (Phi) is 7.86. The normalized spacial score (nSPS) is 11.5. The zero-order chi connectivity index (χ0) is 25.5. The number of rotatable bonds is 9. The lowest BCUT2D eigenvalue weighted by atomic mass is 10.0. The molecule has 0 fully saturated rings. The van der Waals surface area contributed by atoms with Crippen molar-refractivity contribution in [3.05, 3.63) is 112 Å². The molecular formula is C26H21F2N3O4S. The lowest BCUT2D eigenvalue weighted by Crippen LogP contribution is -2.48. The molecule has 0 bridgehead atoms. The second-order valence-electron chi connectivity index (χ2n) is 7.60. The van der Waals surface area contributed by atoms with Crippen LogP contribution < -0.4 is 15.5 Å². The van der Waals surface area contributed by atoms with E-state index in [-0.39, 0.29) is 17.8 Å². The van der Waals surface area contributed by atoms with E-state index in [9.17, 15) is 23.2 Å². The summed E-state index contributed by atoms with van der Waals surface area (Å²) < 4.78 is 35.1. The minimum atomic E-state index is -1.58. The first-order valence-electron chi connectivity index (χ1n) is 10.9. The van der Waals surface area contributed by atoms with Gasteiger partial charge in [0.05, 0.1) is 29.9 Å². The van der Waals surface area contributed by atoms with Crippen molar-refractivity contribution >= 4 is 34.7 Å². The van der Waals surface area contributed by atoms with Gasteiger partial charge in [0.1, 0.15) is 23.4 Å². The third kappa shape index (κ3) is 5.66. The van der Waals surface area contributed by atoms with Gasteiger partial charge in [-0.15, -0.1) is 11.3 Å². The standard InChI is InChI=1S/C26H21F2N3O4S/c27-19-9-2-1-8-18(19)24(26(34)29-15-17-7-5-13-35-17)31(21-11-4-3-10-20(21)28)23(32)16-30-25(33)22-12-6-14-36-22/h1-14,24H,15-16H2,(H,29,34)(H,30,33)/t24-/m1/s1. The molecule has 0 unspecified atom stereocenters. The Balaban J connectivity index is 1.70. The van der Waals surface area contributed by atoms with Crippen molar-refractivity contribution in [3.8, 4) is 0 Å². The number of carbonyl (C=O) groups excluding carboxylic acids is 3. The lowest BCUT2D eigenvalue weighted by Gasteiger charge is -2.32. The molecule has 4 rings (SSSR count). The molecule has 2 heterocycles. The monoisotopic (exact) mass is 509 g/mol. The number of para-hydroxylation sites is 1. The van der Waals surface area contributed by atoms with Crippen molar-refractivity contribution in [1.29, 1.82) is 0 Å². The molecule has 0 aliphatic heterocycles. The quantitative estimate of drug-likeness (QED) is 0.349. The van der Waals surface area contributed by atoms with Crippen LogP contribution in [0.1, 0.15) is 27.0 Å². The van der Waals surface area contributed by atoms with Crippen molar-refractivity contribution in [2.24, 2.45) is 0 Å². The highest BCUT2D eigenvalue weighted by molar-refractivity contribution is 7.12. The highest BCUT2D eigenvalue weighted by Gasteiger charge is 2.36. The molecule has 0 saturated carbocycles. The summed E-state index contributed by atoms with van der Waals surface area (Å²) in [4.78, 5) is 40.5. The summed E-state index contributed by atoms with van der Waals surface area (Å²) in [5, 5.41) is 6.82. The summed E-state index contributed by atoms with van der Waals surface area (Å²) in [6.45, 7) is -0.591. The number of amides is 3. The summed E-state index contributed by atoms with van der Waals surface area (Å²) >= 11 is 1.19. The van der Waals surface area contributed by atoms with Gasteiger partial charge in [-0.1, -0.05) is 36.4 Å². The molecule has 3 amide bonds. The SMILES string of the molecule is O=C(NCC(=O)N(c1ccccc1F)[C@@H](C(=O)NCc1ccco1)c1ccccc1F)c1cccs1. The predicted octanol–water partition coefficient (Wildman–Crippen LogP) is 4.44. The number of carbonyl (C=O) groups is 3. The van der Waals surface area contributed by atoms with E-state index in [1.807, 2.05) is 0 Å². The first-order chi connectivity index (χ1) is 17.5. The van der Waals surface area contributed by atoms with Crippen LogP contribution in [0.15, 0.2) is 88.9 Å². The third-order valence-electron chi connectivity index (χ3n) is 5.25. The van der Waals surface area contributed by atoms with Crippen molar-refractivity contribution < 1.29 is 27.6 Å². The Morgan fingerprint density at radius 1 is 0.889 bits per heavy atom. The molecule has 0 radical (unpaired) electrons. The van der Waals surface area contributed by atoms with Gasteiger partial charge in [-0.3, -0.25) is 19.3 Å². The van der Waals surface area contributed by atoms with Crippen molar-refractivity contribution in [3.63, 3.8) is 0 Å². The minimum absolute atomic E-state index is 0.0365. The van der Waals surface area contributed by atoms with Gasteiger partial charge in [0.15, 0.2) is 0 Å². The van der Waals surface area contributed by atoms with Crippen LogP contribution in [0.5, 0.6) is 0 Å². The Morgan fingerprint density at radius 2 is 1.64 bits per heavy atom. The molecule has 36 heavy (non-hydrogen) atoms. The van der Waals surface area contributed by atoms with Crippen LogP contribution in [0.2, 0.25) is 0 Å². The third-order valence-corrected chi connectivity index (χ3v) is 6.12. The van der Waals surface area contributed by atoms with E-state index in [0.29, 0.717) is 10.6 Å². The van der Waals surface area contributed by atoms with Crippen LogP contribution >= 0.6 is 11.3 Å². The van der Waals surface area contributed by atoms with Gasteiger partial charge in [-0.25, -0.2) is 8.78 Å². The van der Waals surface area contributed by atoms with E-state index in [2.05, 4.69) is 10.6 Å². The average Bonchev–Trinajstić information content (AvgIpc) is 3.60. The fraction of sp³-hybridized carbons (Fsp3) is 0.115. The Morgan fingerprint density at radius 3 is 2.31 bits per heavy atom. The van der Waals surface area contributed by atoms with Gasteiger partial charge in [0, 0.05) is 5.56 Å². The Bertz CT molecular complexity index is 1340. The number of halogens is 2. The largest absolute Gasteiger partial charge is 0.467 e. The summed E-state index contributed by atoms with van der Waals surface area (Å²) in [6, 6.07) is 15.7. The second kappa shape index (κ2) is 11.4. The number of nitrogens with one attached hydrogen (secondary N) is 2. The summed E-state index contributed by atoms with van der Waals surface area (Å²) in [5.41, 5.74) is -0.384. The van der Waals surface area contributed by atoms with Crippen molar-refractivity contribution in [2.75, 3.05) is 11.4 Å². The van der Waals surface area contributed by atoms with Crippen molar-refractivity contribution in [2.45, 2.75) is 12.6 Å². The number of hydrogen-bond acceptors (Lipinski definition) is 5. The second-order valence-corrected chi connectivity index (χ2v) is 8.54. The van der Waals surface area contributed by atoms with Gasteiger partial charge < -0.3 is 15.1 Å². The highest BCUT2D eigenvalue weighted by Crippen LogP contribution is 2.31.